The molecule has 178 valence electrons. The molecule has 0 fully saturated rings. The number of aromatic amines is 1. The Balaban J connectivity index is 1.84. The molecule has 0 unspecified atom stereocenters. The van der Waals surface area contributed by atoms with Crippen molar-refractivity contribution in [1.29, 1.82) is 0 Å². The van der Waals surface area contributed by atoms with Crippen molar-refractivity contribution in [3.8, 4) is 11.4 Å². The minimum atomic E-state index is -4.96. The highest BCUT2D eigenvalue weighted by Gasteiger charge is 2.37. The Morgan fingerprint density at radius 1 is 0.879 bits per heavy atom. The number of hydrogen-bond donors (Lipinski definition) is 1. The predicted octanol–water partition coefficient (Wildman–Crippen LogP) is 7.39. The largest absolute Gasteiger partial charge is 0.416 e. The van der Waals surface area contributed by atoms with Gasteiger partial charge in [-0.3, -0.25) is 5.10 Å². The van der Waals surface area contributed by atoms with Crippen molar-refractivity contribution < 1.29 is 26.3 Å². The number of thioether (sulfide) groups is 1. The van der Waals surface area contributed by atoms with Crippen molar-refractivity contribution in [3.05, 3.63) is 40.5 Å². The number of rotatable bonds is 8. The van der Waals surface area contributed by atoms with Crippen molar-refractivity contribution in [2.45, 2.75) is 53.9 Å². The third-order valence-corrected chi connectivity index (χ3v) is 6.06. The van der Waals surface area contributed by atoms with Gasteiger partial charge in [-0.2, -0.15) is 26.3 Å². The van der Waals surface area contributed by atoms with Gasteiger partial charge in [-0.1, -0.05) is 43.1 Å². The van der Waals surface area contributed by atoms with Crippen LogP contribution >= 0.6 is 35.1 Å². The molecular formula is C19H16ClF6N5S2. The summed E-state index contributed by atoms with van der Waals surface area (Å²) in [5.74, 6) is 0.559. The quantitative estimate of drug-likeness (QED) is 0.108. The van der Waals surface area contributed by atoms with Crippen molar-refractivity contribution in [2.75, 3.05) is 5.75 Å². The lowest BCUT2D eigenvalue weighted by Crippen LogP contribution is -2.11. The summed E-state index contributed by atoms with van der Waals surface area (Å²) in [6.45, 7) is 2.09. The highest BCUT2D eigenvalue weighted by Crippen LogP contribution is 2.38. The predicted molar refractivity (Wildman–Crippen MR) is 113 cm³/mol. The highest BCUT2D eigenvalue weighted by molar-refractivity contribution is 7.99. The molecule has 0 aliphatic heterocycles. The van der Waals surface area contributed by atoms with Gasteiger partial charge in [-0.05, 0) is 36.4 Å². The van der Waals surface area contributed by atoms with Gasteiger partial charge in [0.15, 0.2) is 11.0 Å². The first-order chi connectivity index (χ1) is 15.5. The van der Waals surface area contributed by atoms with Crippen molar-refractivity contribution in [2.24, 2.45) is 0 Å². The first-order valence-corrected chi connectivity index (χ1v) is 11.7. The molecule has 0 bridgehead atoms. The number of alkyl halides is 6. The molecule has 0 amide bonds. The van der Waals surface area contributed by atoms with E-state index in [1.165, 1.54) is 17.8 Å². The molecule has 2 heterocycles. The highest BCUT2D eigenvalue weighted by atomic mass is 35.5. The number of unbranched alkanes of at least 4 members (excludes halogenated alkanes) is 2. The Hall–Kier alpha value is -1.99. The van der Waals surface area contributed by atoms with Gasteiger partial charge >= 0.3 is 12.4 Å². The molecule has 0 radical (unpaired) electrons. The molecule has 0 aliphatic rings. The van der Waals surface area contributed by atoms with Crippen LogP contribution in [0, 0.1) is 0 Å². The van der Waals surface area contributed by atoms with Gasteiger partial charge in [0.1, 0.15) is 10.2 Å². The molecule has 0 saturated heterocycles. The van der Waals surface area contributed by atoms with E-state index in [1.807, 2.05) is 0 Å². The Morgan fingerprint density at radius 3 is 2.15 bits per heavy atom. The number of hydrogen-bond acceptors (Lipinski definition) is 6. The second-order valence-electron chi connectivity index (χ2n) is 6.73. The average Bonchev–Trinajstić information content (AvgIpc) is 3.18. The summed E-state index contributed by atoms with van der Waals surface area (Å²) in [6, 6.07) is 2.68. The Labute approximate surface area is 198 Å². The first kappa shape index (κ1) is 25.6. The van der Waals surface area contributed by atoms with Crippen LogP contribution in [-0.2, 0) is 12.4 Å². The van der Waals surface area contributed by atoms with Crippen molar-refractivity contribution in [1.82, 2.24) is 25.1 Å². The number of H-pyrrole nitrogens is 1. The monoisotopic (exact) mass is 527 g/mol. The van der Waals surface area contributed by atoms with E-state index < -0.39 is 29.0 Å². The fourth-order valence-electron chi connectivity index (χ4n) is 2.62. The number of benzene rings is 1. The van der Waals surface area contributed by atoms with Crippen LogP contribution in [0.3, 0.4) is 0 Å². The number of halogens is 7. The summed E-state index contributed by atoms with van der Waals surface area (Å²) in [4.78, 5) is 12.5. The summed E-state index contributed by atoms with van der Waals surface area (Å²) in [5, 5.41) is 7.32. The van der Waals surface area contributed by atoms with Crippen LogP contribution < -0.4 is 0 Å². The van der Waals surface area contributed by atoms with E-state index >= 15 is 0 Å². The topological polar surface area (TPSA) is 67.3 Å². The van der Waals surface area contributed by atoms with Crippen LogP contribution in [0.5, 0.6) is 0 Å². The van der Waals surface area contributed by atoms with Gasteiger partial charge < -0.3 is 0 Å². The average molecular weight is 528 g/mol. The molecule has 1 aromatic carbocycles. The lowest BCUT2D eigenvalue weighted by atomic mass is 10.0. The standard InChI is InChI=1S/C19H16ClF6N5S2/c1-2-3-4-5-32-16-27-13(20)9-14(28-16)33-17-29-15(30-31-17)10-6-11(18(21,22)23)8-12(7-10)19(24,25)26/h6-9H,2-5H2,1H3,(H,29,30,31). The van der Waals surface area contributed by atoms with Gasteiger partial charge in [-0.15, -0.1) is 5.10 Å². The van der Waals surface area contributed by atoms with E-state index in [9.17, 15) is 26.3 Å². The third kappa shape index (κ3) is 7.24. The van der Waals surface area contributed by atoms with Gasteiger partial charge in [-0.25, -0.2) is 15.0 Å². The van der Waals surface area contributed by atoms with Crippen LogP contribution in [0.4, 0.5) is 26.3 Å². The first-order valence-electron chi connectivity index (χ1n) is 9.53. The minimum Gasteiger partial charge on any atom is -0.258 e. The maximum Gasteiger partial charge on any atom is 0.416 e. The van der Waals surface area contributed by atoms with Crippen LogP contribution in [-0.4, -0.2) is 30.9 Å². The van der Waals surface area contributed by atoms with Crippen LogP contribution in [0.25, 0.3) is 11.4 Å². The summed E-state index contributed by atoms with van der Waals surface area (Å²) < 4.78 is 78.6. The molecule has 2 aromatic heterocycles. The fraction of sp³-hybridized carbons (Fsp3) is 0.368. The fourth-order valence-corrected chi connectivity index (χ4v) is 4.55. The van der Waals surface area contributed by atoms with E-state index in [2.05, 4.69) is 32.1 Å². The molecule has 0 atom stereocenters. The Bertz CT molecular complexity index is 1070. The van der Waals surface area contributed by atoms with Crippen LogP contribution in [0.2, 0.25) is 5.15 Å². The van der Waals surface area contributed by atoms with Crippen LogP contribution in [0.1, 0.15) is 37.3 Å². The molecule has 14 heteroatoms. The second-order valence-corrected chi connectivity index (χ2v) is 9.17. The van der Waals surface area contributed by atoms with Gasteiger partial charge in [0, 0.05) is 17.4 Å². The number of aromatic nitrogens is 5. The zero-order valence-electron chi connectivity index (χ0n) is 16.9. The molecule has 33 heavy (non-hydrogen) atoms. The summed E-state index contributed by atoms with van der Waals surface area (Å²) in [6.07, 6.45) is -6.80. The molecule has 0 saturated carbocycles. The summed E-state index contributed by atoms with van der Waals surface area (Å²) in [7, 11) is 0. The number of nitrogens with zero attached hydrogens (tertiary/aromatic N) is 4. The van der Waals surface area contributed by atoms with Gasteiger partial charge in [0.2, 0.25) is 5.16 Å². The number of nitrogens with one attached hydrogen (secondary N) is 1. The minimum absolute atomic E-state index is 0.0488. The molecule has 1 N–H and O–H groups in total. The zero-order valence-corrected chi connectivity index (χ0v) is 19.3. The Kier molecular flexibility index (Phi) is 8.17. The van der Waals surface area contributed by atoms with E-state index in [0.29, 0.717) is 22.3 Å². The molecule has 5 nitrogen and oxygen atoms in total. The van der Waals surface area contributed by atoms with E-state index in [1.54, 1.807) is 0 Å². The van der Waals surface area contributed by atoms with E-state index in [4.69, 9.17) is 11.6 Å². The molecule has 0 aliphatic carbocycles. The summed E-state index contributed by atoms with van der Waals surface area (Å²) >= 11 is 8.41. The van der Waals surface area contributed by atoms with E-state index in [-0.39, 0.29) is 22.2 Å². The lowest BCUT2D eigenvalue weighted by molar-refractivity contribution is -0.143. The molecule has 3 aromatic rings. The summed E-state index contributed by atoms with van der Waals surface area (Å²) in [5.41, 5.74) is -3.28. The normalized spacial score (nSPS) is 12.4. The second kappa shape index (κ2) is 10.5. The van der Waals surface area contributed by atoms with Crippen LogP contribution in [0.15, 0.2) is 39.6 Å². The third-order valence-electron chi connectivity index (χ3n) is 4.15. The van der Waals surface area contributed by atoms with Crippen molar-refractivity contribution >= 4 is 35.1 Å². The molecular weight excluding hydrogens is 512 g/mol. The maximum absolute atomic E-state index is 13.1. The zero-order chi connectivity index (χ0) is 24.2. The molecule has 0 spiro atoms. The van der Waals surface area contributed by atoms with E-state index in [0.717, 1.165) is 36.8 Å². The van der Waals surface area contributed by atoms with Crippen molar-refractivity contribution in [3.63, 3.8) is 0 Å². The SMILES string of the molecule is CCCCCSc1nc(Cl)cc(Sc2n[nH]c(-c3cc(C(F)(F)F)cc(C(F)(F)F)c3)n2)n1. The lowest BCUT2D eigenvalue weighted by Gasteiger charge is -2.13. The molecule has 3 rings (SSSR count). The maximum atomic E-state index is 13.1. The Morgan fingerprint density at radius 2 is 1.55 bits per heavy atom. The van der Waals surface area contributed by atoms with Gasteiger partial charge in [0.25, 0.3) is 0 Å². The smallest absolute Gasteiger partial charge is 0.258 e. The van der Waals surface area contributed by atoms with Gasteiger partial charge in [0.05, 0.1) is 11.1 Å².